The Kier molecular flexibility index (Phi) is 7.00. The van der Waals surface area contributed by atoms with Crippen molar-refractivity contribution in [2.45, 2.75) is 32.6 Å². The normalized spacial score (nSPS) is 13.5. The molecule has 5 aromatic rings. The monoisotopic (exact) mass is 520 g/mol. The van der Waals surface area contributed by atoms with E-state index < -0.39 is 0 Å². The largest absolute Gasteiger partial charge is 0.496 e. The Balaban J connectivity index is 1.26. The van der Waals surface area contributed by atoms with Gasteiger partial charge in [0.2, 0.25) is 0 Å². The number of amides is 1. The molecule has 198 valence electrons. The average Bonchev–Trinajstić information content (AvgIpc) is 3.33. The first kappa shape index (κ1) is 25.1. The first-order chi connectivity index (χ1) is 19.2. The molecule has 0 bridgehead atoms. The molecular weight excluding hydrogens is 488 g/mol. The third-order valence-corrected chi connectivity index (χ3v) is 7.61. The van der Waals surface area contributed by atoms with Crippen LogP contribution in [0, 0.1) is 0 Å². The van der Waals surface area contributed by atoms with Gasteiger partial charge in [-0.2, -0.15) is 5.10 Å². The van der Waals surface area contributed by atoms with E-state index in [1.54, 1.807) is 11.8 Å². The van der Waals surface area contributed by atoms with Crippen LogP contribution in [0.5, 0.6) is 5.75 Å². The van der Waals surface area contributed by atoms with Crippen LogP contribution in [0.1, 0.15) is 32.9 Å². The van der Waals surface area contributed by atoms with Gasteiger partial charge in [0.1, 0.15) is 11.4 Å². The lowest BCUT2D eigenvalue weighted by Crippen LogP contribution is -2.32. The lowest BCUT2D eigenvalue weighted by atomic mass is 10.0. The van der Waals surface area contributed by atoms with Gasteiger partial charge in [-0.05, 0) is 33.4 Å². The summed E-state index contributed by atoms with van der Waals surface area (Å²) in [4.78, 5) is 16.0. The Labute approximate surface area is 227 Å². The summed E-state index contributed by atoms with van der Waals surface area (Å²) in [6.45, 7) is 2.85. The molecule has 7 heteroatoms. The predicted octanol–water partition coefficient (Wildman–Crippen LogP) is 4.68. The van der Waals surface area contributed by atoms with Crippen LogP contribution in [-0.4, -0.2) is 46.0 Å². The van der Waals surface area contributed by atoms with E-state index in [1.807, 2.05) is 36.4 Å². The van der Waals surface area contributed by atoms with Crippen molar-refractivity contribution >= 4 is 27.5 Å². The van der Waals surface area contributed by atoms with Crippen LogP contribution in [0.4, 0.5) is 0 Å². The summed E-state index contributed by atoms with van der Waals surface area (Å²) in [5, 5.41) is 22.1. The van der Waals surface area contributed by atoms with Crippen molar-refractivity contribution in [2.75, 3.05) is 20.3 Å². The zero-order chi connectivity index (χ0) is 26.8. The van der Waals surface area contributed by atoms with Crippen LogP contribution in [0.2, 0.25) is 0 Å². The maximum absolute atomic E-state index is 13.6. The molecular formula is C32H32N4O3. The highest BCUT2D eigenvalue weighted by molar-refractivity contribution is 5.95. The fraction of sp³-hybridized carbons (Fsp3) is 0.250. The topological polar surface area (TPSA) is 79.6 Å². The summed E-state index contributed by atoms with van der Waals surface area (Å²) in [6.07, 6.45) is 0.755. The Morgan fingerprint density at radius 2 is 1.72 bits per heavy atom. The van der Waals surface area contributed by atoms with Crippen molar-refractivity contribution in [2.24, 2.45) is 0 Å². The number of benzene rings is 4. The van der Waals surface area contributed by atoms with E-state index in [2.05, 4.69) is 52.7 Å². The summed E-state index contributed by atoms with van der Waals surface area (Å²) < 4.78 is 7.25. The van der Waals surface area contributed by atoms with Gasteiger partial charge in [0.05, 0.1) is 26.0 Å². The number of rotatable bonds is 8. The summed E-state index contributed by atoms with van der Waals surface area (Å²) in [5.41, 5.74) is 4.72. The molecule has 0 fully saturated rings. The molecule has 39 heavy (non-hydrogen) atoms. The third kappa shape index (κ3) is 4.87. The van der Waals surface area contributed by atoms with Gasteiger partial charge in [-0.3, -0.25) is 14.4 Å². The quantitative estimate of drug-likeness (QED) is 0.311. The number of carbonyl (C=O) groups is 1. The number of hydrogen-bond donors (Lipinski definition) is 2. The highest BCUT2D eigenvalue weighted by Crippen LogP contribution is 2.31. The van der Waals surface area contributed by atoms with Crippen molar-refractivity contribution in [3.05, 3.63) is 107 Å². The summed E-state index contributed by atoms with van der Waals surface area (Å²) in [6, 6.07) is 26.8. The van der Waals surface area contributed by atoms with E-state index in [1.165, 1.54) is 10.9 Å². The SMILES string of the molecule is COc1ccc(CN2CCc3nn(CCO)c(C(=O)NCc4cccc5ccccc45)c3C2)c2ccccc12. The number of nitrogens with zero attached hydrogens (tertiary/aromatic N) is 3. The van der Waals surface area contributed by atoms with Crippen LogP contribution in [0.25, 0.3) is 21.5 Å². The number of ether oxygens (including phenoxy) is 1. The van der Waals surface area contributed by atoms with Gasteiger partial charge in [-0.15, -0.1) is 0 Å². The van der Waals surface area contributed by atoms with Crippen molar-refractivity contribution in [1.29, 1.82) is 0 Å². The molecule has 1 aromatic heterocycles. The van der Waals surface area contributed by atoms with Crippen LogP contribution in [0.15, 0.2) is 78.9 Å². The molecule has 0 spiro atoms. The molecule has 7 nitrogen and oxygen atoms in total. The zero-order valence-corrected chi connectivity index (χ0v) is 22.1. The van der Waals surface area contributed by atoms with Crippen molar-refractivity contribution in [3.8, 4) is 5.75 Å². The minimum absolute atomic E-state index is 0.0777. The molecule has 1 amide bonds. The van der Waals surface area contributed by atoms with Gasteiger partial charge < -0.3 is 15.2 Å². The van der Waals surface area contributed by atoms with Gasteiger partial charge in [0, 0.05) is 43.5 Å². The van der Waals surface area contributed by atoms with Gasteiger partial charge in [-0.25, -0.2) is 0 Å². The number of aromatic nitrogens is 2. The average molecular weight is 521 g/mol. The third-order valence-electron chi connectivity index (χ3n) is 7.61. The maximum atomic E-state index is 13.6. The minimum Gasteiger partial charge on any atom is -0.496 e. The molecule has 0 unspecified atom stereocenters. The lowest BCUT2D eigenvalue weighted by Gasteiger charge is -2.27. The molecule has 0 aliphatic carbocycles. The van der Waals surface area contributed by atoms with E-state index >= 15 is 0 Å². The van der Waals surface area contributed by atoms with Gasteiger partial charge in [-0.1, -0.05) is 72.8 Å². The van der Waals surface area contributed by atoms with E-state index in [9.17, 15) is 9.90 Å². The molecule has 4 aromatic carbocycles. The number of aliphatic hydroxyl groups excluding tert-OH is 1. The predicted molar refractivity (Wildman–Crippen MR) is 153 cm³/mol. The number of fused-ring (bicyclic) bond motifs is 3. The first-order valence-electron chi connectivity index (χ1n) is 13.4. The fourth-order valence-corrected chi connectivity index (χ4v) is 5.72. The highest BCUT2D eigenvalue weighted by atomic mass is 16.5. The molecule has 0 radical (unpaired) electrons. The molecule has 1 aliphatic heterocycles. The van der Waals surface area contributed by atoms with E-state index in [0.29, 0.717) is 18.8 Å². The zero-order valence-electron chi connectivity index (χ0n) is 22.1. The first-order valence-corrected chi connectivity index (χ1v) is 13.4. The van der Waals surface area contributed by atoms with Crippen LogP contribution >= 0.6 is 0 Å². The minimum atomic E-state index is -0.165. The number of carbonyl (C=O) groups excluding carboxylic acids is 1. The Morgan fingerprint density at radius 1 is 0.949 bits per heavy atom. The van der Waals surface area contributed by atoms with Crippen molar-refractivity contribution < 1.29 is 14.6 Å². The molecule has 2 heterocycles. The summed E-state index contributed by atoms with van der Waals surface area (Å²) >= 11 is 0. The van der Waals surface area contributed by atoms with Gasteiger partial charge >= 0.3 is 0 Å². The highest BCUT2D eigenvalue weighted by Gasteiger charge is 2.28. The molecule has 0 saturated carbocycles. The van der Waals surface area contributed by atoms with E-state index in [0.717, 1.165) is 58.2 Å². The number of methoxy groups -OCH3 is 1. The Morgan fingerprint density at radius 3 is 2.54 bits per heavy atom. The van der Waals surface area contributed by atoms with E-state index in [4.69, 9.17) is 9.84 Å². The second-order valence-corrected chi connectivity index (χ2v) is 9.97. The lowest BCUT2D eigenvalue weighted by molar-refractivity contribution is 0.0936. The molecule has 1 aliphatic rings. The van der Waals surface area contributed by atoms with Gasteiger partial charge in [0.25, 0.3) is 5.91 Å². The maximum Gasteiger partial charge on any atom is 0.270 e. The second kappa shape index (κ2) is 10.9. The van der Waals surface area contributed by atoms with Crippen LogP contribution < -0.4 is 10.1 Å². The van der Waals surface area contributed by atoms with Crippen molar-refractivity contribution in [3.63, 3.8) is 0 Å². The number of hydrogen-bond acceptors (Lipinski definition) is 5. The van der Waals surface area contributed by atoms with Crippen LogP contribution in [-0.2, 0) is 32.6 Å². The fourth-order valence-electron chi connectivity index (χ4n) is 5.72. The summed E-state index contributed by atoms with van der Waals surface area (Å²) in [5.74, 6) is 0.701. The molecule has 6 rings (SSSR count). The second-order valence-electron chi connectivity index (χ2n) is 9.97. The van der Waals surface area contributed by atoms with Crippen molar-refractivity contribution in [1.82, 2.24) is 20.0 Å². The Hall–Kier alpha value is -4.20. The van der Waals surface area contributed by atoms with Crippen LogP contribution in [0.3, 0.4) is 0 Å². The molecule has 2 N–H and O–H groups in total. The smallest absolute Gasteiger partial charge is 0.270 e. The van der Waals surface area contributed by atoms with Gasteiger partial charge in [0.15, 0.2) is 0 Å². The summed E-state index contributed by atoms with van der Waals surface area (Å²) in [7, 11) is 1.70. The molecule has 0 saturated heterocycles. The number of nitrogens with one attached hydrogen (secondary N) is 1. The Bertz CT molecular complexity index is 1650. The number of aliphatic hydroxyl groups is 1. The molecule has 0 atom stereocenters. The standard InChI is InChI=1S/C32H32N4O3/c1-39-30-14-13-24(26-11-4-5-12-27(26)30)20-35-16-15-29-28(21-35)31(36(34-29)17-18-37)32(38)33-19-23-9-6-8-22-7-2-3-10-25(22)23/h2-14,37H,15-21H2,1H3,(H,33,38). The van der Waals surface area contributed by atoms with E-state index in [-0.39, 0.29) is 19.1 Å².